The molecule has 1 aliphatic heterocycles. The van der Waals surface area contributed by atoms with Crippen molar-refractivity contribution >= 4 is 5.91 Å². The van der Waals surface area contributed by atoms with Crippen LogP contribution in [0, 0.1) is 5.82 Å². The third-order valence-corrected chi connectivity index (χ3v) is 6.18. The Balaban J connectivity index is 1.46. The van der Waals surface area contributed by atoms with Gasteiger partial charge in [-0.05, 0) is 65.9 Å². The number of rotatable bonds is 7. The van der Waals surface area contributed by atoms with E-state index in [1.807, 2.05) is 42.5 Å². The van der Waals surface area contributed by atoms with Gasteiger partial charge in [0.2, 0.25) is 0 Å². The zero-order chi connectivity index (χ0) is 23.2. The molecule has 0 saturated carbocycles. The Labute approximate surface area is 195 Å². The first-order valence-corrected chi connectivity index (χ1v) is 11.7. The second kappa shape index (κ2) is 10.7. The standard InChI is InChI=1S/C28H32FN3O/c1-3-21-6-4-9-25(14-21)28(33)31-17-22-10-11-27(29)26(16-22)24-8-5-7-23(15-24)19-32-13-12-30-20(2)18-32/h4-11,14-16,20,30H,3,12-13,17-19H2,1-2H3,(H,31,33)/t20-/m0/s1. The topological polar surface area (TPSA) is 44.4 Å². The summed E-state index contributed by atoms with van der Waals surface area (Å²) >= 11 is 0. The fourth-order valence-corrected chi connectivity index (χ4v) is 4.37. The smallest absolute Gasteiger partial charge is 0.251 e. The van der Waals surface area contributed by atoms with Gasteiger partial charge in [-0.1, -0.05) is 43.3 Å². The molecule has 3 aromatic carbocycles. The number of aryl methyl sites for hydroxylation is 1. The molecule has 0 aromatic heterocycles. The fraction of sp³-hybridized carbons (Fsp3) is 0.321. The zero-order valence-corrected chi connectivity index (χ0v) is 19.4. The number of benzene rings is 3. The number of nitrogens with one attached hydrogen (secondary N) is 2. The van der Waals surface area contributed by atoms with Crippen molar-refractivity contribution in [2.45, 2.75) is 39.4 Å². The lowest BCUT2D eigenvalue weighted by molar-refractivity contribution is 0.0951. The Kier molecular flexibility index (Phi) is 7.53. The molecule has 0 spiro atoms. The first-order valence-electron chi connectivity index (χ1n) is 11.7. The van der Waals surface area contributed by atoms with Crippen molar-refractivity contribution < 1.29 is 9.18 Å². The van der Waals surface area contributed by atoms with Gasteiger partial charge < -0.3 is 10.6 Å². The van der Waals surface area contributed by atoms with E-state index >= 15 is 0 Å². The molecule has 1 aliphatic rings. The van der Waals surface area contributed by atoms with Crippen LogP contribution >= 0.6 is 0 Å². The van der Waals surface area contributed by atoms with Crippen molar-refractivity contribution in [1.29, 1.82) is 0 Å². The number of carbonyl (C=O) groups is 1. The lowest BCUT2D eigenvalue weighted by Gasteiger charge is -2.31. The minimum atomic E-state index is -0.256. The highest BCUT2D eigenvalue weighted by atomic mass is 19.1. The van der Waals surface area contributed by atoms with Gasteiger partial charge >= 0.3 is 0 Å². The van der Waals surface area contributed by atoms with Gasteiger partial charge in [0.25, 0.3) is 5.91 Å². The van der Waals surface area contributed by atoms with E-state index in [-0.39, 0.29) is 11.7 Å². The SMILES string of the molecule is CCc1cccc(C(=O)NCc2ccc(F)c(-c3cccc(CN4CCN[C@@H](C)C4)c3)c2)c1. The molecule has 1 saturated heterocycles. The molecule has 0 aliphatic carbocycles. The third-order valence-electron chi connectivity index (χ3n) is 6.18. The molecule has 5 heteroatoms. The molecule has 3 aromatic rings. The van der Waals surface area contributed by atoms with Crippen molar-refractivity contribution in [1.82, 2.24) is 15.5 Å². The van der Waals surface area contributed by atoms with E-state index in [4.69, 9.17) is 0 Å². The number of piperazine rings is 1. The van der Waals surface area contributed by atoms with Gasteiger partial charge in [0.1, 0.15) is 5.82 Å². The van der Waals surface area contributed by atoms with Crippen LogP contribution in [-0.4, -0.2) is 36.5 Å². The van der Waals surface area contributed by atoms with E-state index in [2.05, 4.69) is 41.5 Å². The minimum Gasteiger partial charge on any atom is -0.348 e. The van der Waals surface area contributed by atoms with Crippen LogP contribution in [0.2, 0.25) is 0 Å². The Morgan fingerprint density at radius 3 is 2.70 bits per heavy atom. The quantitative estimate of drug-likeness (QED) is 0.550. The highest BCUT2D eigenvalue weighted by molar-refractivity contribution is 5.94. The summed E-state index contributed by atoms with van der Waals surface area (Å²) < 4.78 is 14.7. The van der Waals surface area contributed by atoms with Gasteiger partial charge in [-0.2, -0.15) is 0 Å². The Morgan fingerprint density at radius 2 is 1.88 bits per heavy atom. The monoisotopic (exact) mass is 445 g/mol. The van der Waals surface area contributed by atoms with Crippen molar-refractivity contribution in [3.8, 4) is 11.1 Å². The van der Waals surface area contributed by atoms with E-state index in [9.17, 15) is 9.18 Å². The lowest BCUT2D eigenvalue weighted by atomic mass is 10.00. The largest absolute Gasteiger partial charge is 0.348 e. The second-order valence-corrected chi connectivity index (χ2v) is 8.84. The molecule has 1 heterocycles. The molecule has 4 rings (SSSR count). The Bertz CT molecular complexity index is 1110. The van der Waals surface area contributed by atoms with Crippen molar-refractivity contribution in [2.75, 3.05) is 19.6 Å². The summed E-state index contributed by atoms with van der Waals surface area (Å²) in [6.07, 6.45) is 0.884. The minimum absolute atomic E-state index is 0.122. The predicted molar refractivity (Wildman–Crippen MR) is 132 cm³/mol. The molecule has 0 bridgehead atoms. The number of carbonyl (C=O) groups excluding carboxylic acids is 1. The van der Waals surface area contributed by atoms with Crippen LogP contribution in [-0.2, 0) is 19.5 Å². The zero-order valence-electron chi connectivity index (χ0n) is 19.4. The molecular weight excluding hydrogens is 413 g/mol. The maximum absolute atomic E-state index is 14.7. The first kappa shape index (κ1) is 23.1. The van der Waals surface area contributed by atoms with E-state index < -0.39 is 0 Å². The van der Waals surface area contributed by atoms with Gasteiger partial charge in [-0.15, -0.1) is 0 Å². The average molecular weight is 446 g/mol. The van der Waals surface area contributed by atoms with E-state index in [0.717, 1.165) is 49.3 Å². The Hall–Kier alpha value is -3.02. The lowest BCUT2D eigenvalue weighted by Crippen LogP contribution is -2.48. The molecule has 2 N–H and O–H groups in total. The second-order valence-electron chi connectivity index (χ2n) is 8.84. The van der Waals surface area contributed by atoms with Crippen molar-refractivity contribution in [3.05, 3.63) is 94.8 Å². The van der Waals surface area contributed by atoms with Crippen molar-refractivity contribution in [2.24, 2.45) is 0 Å². The van der Waals surface area contributed by atoms with Crippen LogP contribution in [0.3, 0.4) is 0 Å². The van der Waals surface area contributed by atoms with Crippen LogP contribution in [0.25, 0.3) is 11.1 Å². The van der Waals surface area contributed by atoms with Crippen LogP contribution in [0.4, 0.5) is 4.39 Å². The molecule has 1 amide bonds. The van der Waals surface area contributed by atoms with E-state index in [0.29, 0.717) is 23.7 Å². The molecule has 1 atom stereocenters. The summed E-state index contributed by atoms with van der Waals surface area (Å²) in [5.41, 5.74) is 5.24. The number of halogens is 1. The van der Waals surface area contributed by atoms with Gasteiger partial charge in [-0.25, -0.2) is 4.39 Å². The number of hydrogen-bond acceptors (Lipinski definition) is 3. The van der Waals surface area contributed by atoms with Gasteiger partial charge in [0.15, 0.2) is 0 Å². The highest BCUT2D eigenvalue weighted by Crippen LogP contribution is 2.26. The van der Waals surface area contributed by atoms with Crippen LogP contribution in [0.15, 0.2) is 66.7 Å². The molecule has 4 nitrogen and oxygen atoms in total. The number of amides is 1. The molecular formula is C28H32FN3O. The predicted octanol–water partition coefficient (Wildman–Crippen LogP) is 4.78. The van der Waals surface area contributed by atoms with Crippen LogP contribution < -0.4 is 10.6 Å². The van der Waals surface area contributed by atoms with E-state index in [1.165, 1.54) is 11.6 Å². The van der Waals surface area contributed by atoms with Crippen molar-refractivity contribution in [3.63, 3.8) is 0 Å². The molecule has 0 radical (unpaired) electrons. The summed E-state index contributed by atoms with van der Waals surface area (Å²) in [6, 6.07) is 21.3. The van der Waals surface area contributed by atoms with Gasteiger partial charge in [0, 0.05) is 49.9 Å². The fourth-order valence-electron chi connectivity index (χ4n) is 4.37. The maximum Gasteiger partial charge on any atom is 0.251 e. The summed E-state index contributed by atoms with van der Waals surface area (Å²) in [6.45, 7) is 8.48. The van der Waals surface area contributed by atoms with Gasteiger partial charge in [0.05, 0.1) is 0 Å². The third kappa shape index (κ3) is 6.06. The summed E-state index contributed by atoms with van der Waals surface area (Å²) in [4.78, 5) is 15.0. The van der Waals surface area contributed by atoms with Gasteiger partial charge in [-0.3, -0.25) is 9.69 Å². The maximum atomic E-state index is 14.7. The molecule has 0 unspecified atom stereocenters. The molecule has 1 fully saturated rings. The first-order chi connectivity index (χ1) is 16.0. The summed E-state index contributed by atoms with van der Waals surface area (Å²) in [7, 11) is 0. The van der Waals surface area contributed by atoms with Crippen LogP contribution in [0.1, 0.15) is 40.9 Å². The van der Waals surface area contributed by atoms with Crippen LogP contribution in [0.5, 0.6) is 0 Å². The highest BCUT2D eigenvalue weighted by Gasteiger charge is 2.16. The number of hydrogen-bond donors (Lipinski definition) is 2. The summed E-state index contributed by atoms with van der Waals surface area (Å²) in [5.74, 6) is -0.378. The molecule has 33 heavy (non-hydrogen) atoms. The normalized spacial score (nSPS) is 16.5. The average Bonchev–Trinajstić information content (AvgIpc) is 2.83. The molecule has 172 valence electrons. The summed E-state index contributed by atoms with van der Waals surface area (Å²) in [5, 5.41) is 6.42. The Morgan fingerprint density at radius 1 is 1.06 bits per heavy atom. The van der Waals surface area contributed by atoms with E-state index in [1.54, 1.807) is 6.07 Å². The number of nitrogens with zero attached hydrogens (tertiary/aromatic N) is 1.